The van der Waals surface area contributed by atoms with Crippen molar-refractivity contribution in [2.24, 2.45) is 11.7 Å². The highest BCUT2D eigenvalue weighted by Gasteiger charge is 2.25. The molecule has 2 aromatic rings. The van der Waals surface area contributed by atoms with Crippen LogP contribution >= 0.6 is 0 Å². The number of carboxylic acids is 1. The van der Waals surface area contributed by atoms with Crippen molar-refractivity contribution in [3.8, 4) is 0 Å². The molecule has 1 aromatic heterocycles. The van der Waals surface area contributed by atoms with E-state index in [9.17, 15) is 19.2 Å². The lowest BCUT2D eigenvalue weighted by atomic mass is 10.0. The molecule has 0 aliphatic rings. The fraction of sp³-hybridized carbons (Fsp3) is 0.400. The Hall–Kier alpha value is -3.40. The second kappa shape index (κ2) is 10.4. The van der Waals surface area contributed by atoms with Crippen LogP contribution in [-0.4, -0.2) is 59.0 Å². The minimum Gasteiger partial charge on any atom is -0.480 e. The van der Waals surface area contributed by atoms with E-state index in [0.29, 0.717) is 6.42 Å². The van der Waals surface area contributed by atoms with Crippen LogP contribution in [0.3, 0.4) is 0 Å². The van der Waals surface area contributed by atoms with Crippen molar-refractivity contribution in [3.05, 3.63) is 36.0 Å². The second-order valence-corrected chi connectivity index (χ2v) is 7.29. The van der Waals surface area contributed by atoms with E-state index in [-0.39, 0.29) is 12.5 Å². The van der Waals surface area contributed by atoms with Gasteiger partial charge in [-0.2, -0.15) is 0 Å². The van der Waals surface area contributed by atoms with E-state index in [1.54, 1.807) is 20.0 Å². The zero-order valence-electron chi connectivity index (χ0n) is 16.9. The highest BCUT2D eigenvalue weighted by Crippen LogP contribution is 2.18. The first-order chi connectivity index (χ1) is 14.2. The third-order valence-electron chi connectivity index (χ3n) is 4.55. The fourth-order valence-electron chi connectivity index (χ4n) is 2.96. The first kappa shape index (κ1) is 22.9. The summed E-state index contributed by atoms with van der Waals surface area (Å²) in [5, 5.41) is 16.8. The molecule has 2 rings (SSSR count). The second-order valence-electron chi connectivity index (χ2n) is 7.29. The Morgan fingerprint density at radius 3 is 2.40 bits per heavy atom. The summed E-state index contributed by atoms with van der Waals surface area (Å²) in [6.45, 7) is 2.52. The van der Waals surface area contributed by atoms with E-state index < -0.39 is 42.3 Å². The molecule has 0 bridgehead atoms. The number of benzene rings is 1. The molecule has 0 aliphatic carbocycles. The van der Waals surface area contributed by atoms with E-state index in [1.807, 2.05) is 24.3 Å². The van der Waals surface area contributed by atoms with Crippen LogP contribution in [0, 0.1) is 5.92 Å². The van der Waals surface area contributed by atoms with Crippen molar-refractivity contribution in [2.45, 2.75) is 32.4 Å². The number of nitrogens with two attached hydrogens (primary N) is 1. The molecule has 0 spiro atoms. The lowest BCUT2D eigenvalue weighted by molar-refractivity contribution is -0.138. The summed E-state index contributed by atoms with van der Waals surface area (Å²) < 4.78 is 0. The van der Waals surface area contributed by atoms with Crippen molar-refractivity contribution >= 4 is 34.6 Å². The van der Waals surface area contributed by atoms with Gasteiger partial charge in [0.15, 0.2) is 0 Å². The number of aliphatic carboxylic acids is 1. The minimum absolute atomic E-state index is 0.275. The molecular formula is C20H27N5O5. The Bertz CT molecular complexity index is 923. The number of carbonyl (C=O) groups excluding carboxylic acids is 3. The number of nitrogens with one attached hydrogen (secondary N) is 4. The number of aromatic nitrogens is 1. The Morgan fingerprint density at radius 1 is 1.07 bits per heavy atom. The summed E-state index contributed by atoms with van der Waals surface area (Å²) in [6, 6.07) is 5.88. The van der Waals surface area contributed by atoms with Gasteiger partial charge in [-0.15, -0.1) is 0 Å². The van der Waals surface area contributed by atoms with E-state index in [1.165, 1.54) is 0 Å². The van der Waals surface area contributed by atoms with Gasteiger partial charge in [-0.1, -0.05) is 32.0 Å². The largest absolute Gasteiger partial charge is 0.480 e. The van der Waals surface area contributed by atoms with Gasteiger partial charge in [0.1, 0.15) is 12.6 Å². The van der Waals surface area contributed by atoms with Crippen molar-refractivity contribution in [1.82, 2.24) is 20.9 Å². The molecule has 0 radical (unpaired) electrons. The Kier molecular flexibility index (Phi) is 7.93. The molecule has 0 aliphatic heterocycles. The van der Waals surface area contributed by atoms with Crippen LogP contribution < -0.4 is 21.7 Å². The van der Waals surface area contributed by atoms with Gasteiger partial charge in [-0.05, 0) is 24.0 Å². The zero-order valence-corrected chi connectivity index (χ0v) is 16.9. The SMILES string of the molecule is CC(C)C(NC(=O)CNC(=O)C(N)Cc1c[nH]c2ccccc12)C(=O)NCC(=O)O. The minimum atomic E-state index is -1.19. The molecule has 1 heterocycles. The van der Waals surface area contributed by atoms with Crippen LogP contribution in [0.15, 0.2) is 30.5 Å². The molecule has 2 atom stereocenters. The first-order valence-corrected chi connectivity index (χ1v) is 9.56. The number of aromatic amines is 1. The van der Waals surface area contributed by atoms with Crippen LogP contribution in [0.4, 0.5) is 0 Å². The van der Waals surface area contributed by atoms with Crippen LogP contribution in [-0.2, 0) is 25.6 Å². The van der Waals surface area contributed by atoms with E-state index >= 15 is 0 Å². The summed E-state index contributed by atoms with van der Waals surface area (Å²) in [5.74, 6) is -3.14. The predicted octanol–water partition coefficient (Wildman–Crippen LogP) is -0.504. The Labute approximate surface area is 173 Å². The van der Waals surface area contributed by atoms with Gasteiger partial charge < -0.3 is 31.8 Å². The Balaban J connectivity index is 1.85. The molecular weight excluding hydrogens is 390 g/mol. The maximum atomic E-state index is 12.3. The smallest absolute Gasteiger partial charge is 0.322 e. The van der Waals surface area contributed by atoms with Crippen molar-refractivity contribution in [1.29, 1.82) is 0 Å². The molecule has 0 fully saturated rings. The van der Waals surface area contributed by atoms with Crippen LogP contribution in [0.5, 0.6) is 0 Å². The van der Waals surface area contributed by atoms with Crippen molar-refractivity contribution in [2.75, 3.05) is 13.1 Å². The Morgan fingerprint density at radius 2 is 1.73 bits per heavy atom. The number of H-pyrrole nitrogens is 1. The normalized spacial score (nSPS) is 12.9. The molecule has 10 heteroatoms. The number of fused-ring (bicyclic) bond motifs is 1. The number of para-hydroxylation sites is 1. The molecule has 7 N–H and O–H groups in total. The number of amides is 3. The molecule has 10 nitrogen and oxygen atoms in total. The number of hydrogen-bond donors (Lipinski definition) is 6. The van der Waals surface area contributed by atoms with Gasteiger partial charge in [0.25, 0.3) is 0 Å². The first-order valence-electron chi connectivity index (χ1n) is 9.56. The molecule has 0 saturated carbocycles. The predicted molar refractivity (Wildman–Crippen MR) is 110 cm³/mol. The lowest BCUT2D eigenvalue weighted by Crippen LogP contribution is -2.53. The van der Waals surface area contributed by atoms with Gasteiger partial charge in [0, 0.05) is 17.1 Å². The summed E-state index contributed by atoms with van der Waals surface area (Å²) >= 11 is 0. The number of rotatable bonds is 10. The molecule has 3 amide bonds. The van der Waals surface area contributed by atoms with E-state index in [0.717, 1.165) is 16.5 Å². The van der Waals surface area contributed by atoms with E-state index in [2.05, 4.69) is 20.9 Å². The lowest BCUT2D eigenvalue weighted by Gasteiger charge is -2.21. The van der Waals surface area contributed by atoms with Crippen molar-refractivity contribution < 1.29 is 24.3 Å². The third-order valence-corrected chi connectivity index (χ3v) is 4.55. The summed E-state index contributed by atoms with van der Waals surface area (Å²) in [5.41, 5.74) is 7.81. The number of carbonyl (C=O) groups is 4. The standard InChI is InChI=1S/C20H27N5O5/c1-11(2)18(20(30)24-10-17(27)28)25-16(26)9-23-19(29)14(21)7-12-8-22-15-6-4-3-5-13(12)15/h3-6,8,11,14,18,22H,7,9-10,21H2,1-2H3,(H,23,29)(H,24,30)(H,25,26)(H,27,28). The summed E-state index contributed by atoms with van der Waals surface area (Å²) in [6.07, 6.45) is 2.09. The highest BCUT2D eigenvalue weighted by molar-refractivity contribution is 5.92. The molecule has 2 unspecified atom stereocenters. The topological polar surface area (TPSA) is 166 Å². The monoisotopic (exact) mass is 417 g/mol. The van der Waals surface area contributed by atoms with Gasteiger partial charge >= 0.3 is 5.97 Å². The number of carboxylic acid groups (broad SMARTS) is 1. The van der Waals surface area contributed by atoms with Crippen LogP contribution in [0.2, 0.25) is 0 Å². The summed E-state index contributed by atoms with van der Waals surface area (Å²) in [4.78, 5) is 50.2. The average molecular weight is 417 g/mol. The maximum absolute atomic E-state index is 12.3. The van der Waals surface area contributed by atoms with Crippen molar-refractivity contribution in [3.63, 3.8) is 0 Å². The van der Waals surface area contributed by atoms with Gasteiger partial charge in [0.2, 0.25) is 17.7 Å². The molecule has 1 aromatic carbocycles. The maximum Gasteiger partial charge on any atom is 0.322 e. The quantitative estimate of drug-likeness (QED) is 0.305. The molecule has 0 saturated heterocycles. The third kappa shape index (κ3) is 6.31. The van der Waals surface area contributed by atoms with E-state index in [4.69, 9.17) is 10.8 Å². The number of hydrogen-bond acceptors (Lipinski definition) is 5. The highest BCUT2D eigenvalue weighted by atomic mass is 16.4. The van der Waals surface area contributed by atoms with Gasteiger partial charge in [-0.25, -0.2) is 0 Å². The molecule has 30 heavy (non-hydrogen) atoms. The van der Waals surface area contributed by atoms with Gasteiger partial charge in [-0.3, -0.25) is 19.2 Å². The summed E-state index contributed by atoms with van der Waals surface area (Å²) in [7, 11) is 0. The average Bonchev–Trinajstić information content (AvgIpc) is 3.11. The van der Waals surface area contributed by atoms with Gasteiger partial charge in [0.05, 0.1) is 12.6 Å². The zero-order chi connectivity index (χ0) is 22.3. The van der Waals surface area contributed by atoms with Crippen LogP contribution in [0.1, 0.15) is 19.4 Å². The fourth-order valence-corrected chi connectivity index (χ4v) is 2.96. The molecule has 162 valence electrons. The van der Waals surface area contributed by atoms with Crippen LogP contribution in [0.25, 0.3) is 10.9 Å².